The molecule has 1 amide bonds. The van der Waals surface area contributed by atoms with Crippen molar-refractivity contribution in [3.63, 3.8) is 0 Å². The third-order valence-electron chi connectivity index (χ3n) is 3.15. The first-order valence-electron chi connectivity index (χ1n) is 6.97. The molecule has 2 rings (SSSR count). The molecule has 118 valence electrons. The minimum Gasteiger partial charge on any atom is -0.444 e. The van der Waals surface area contributed by atoms with E-state index >= 15 is 0 Å². The van der Waals surface area contributed by atoms with E-state index in [4.69, 9.17) is 16.3 Å². The van der Waals surface area contributed by atoms with E-state index in [0.717, 1.165) is 0 Å². The largest absolute Gasteiger partial charge is 0.444 e. The zero-order chi connectivity index (χ0) is 16.5. The van der Waals surface area contributed by atoms with E-state index in [1.54, 1.807) is 45.0 Å². The number of halogens is 1. The third-order valence-corrected chi connectivity index (χ3v) is 3.40. The van der Waals surface area contributed by atoms with Gasteiger partial charge in [-0.2, -0.15) is 0 Å². The fraction of sp³-hybridized carbons (Fsp3) is 0.438. The zero-order valence-electron chi connectivity index (χ0n) is 12.8. The van der Waals surface area contributed by atoms with Gasteiger partial charge in [0, 0.05) is 5.02 Å². The Kier molecular flexibility index (Phi) is 4.56. The first-order valence-corrected chi connectivity index (χ1v) is 7.34. The number of piperidine rings is 1. The lowest BCUT2D eigenvalue weighted by molar-refractivity contribution is -0.136. The number of ether oxygens (including phenoxy) is 1. The van der Waals surface area contributed by atoms with Crippen molar-refractivity contribution in [1.82, 2.24) is 4.90 Å². The molecule has 1 saturated heterocycles. The molecule has 5 nitrogen and oxygen atoms in total. The number of nitrogens with zero attached hydrogens (tertiary/aromatic N) is 1. The number of Topliss-reactive ketones (excluding diaryl/α,β-unsaturated/α-hetero) is 2. The zero-order valence-corrected chi connectivity index (χ0v) is 13.5. The van der Waals surface area contributed by atoms with Crippen molar-refractivity contribution in [3.8, 4) is 0 Å². The topological polar surface area (TPSA) is 63.7 Å². The van der Waals surface area contributed by atoms with Crippen molar-refractivity contribution >= 4 is 29.3 Å². The van der Waals surface area contributed by atoms with E-state index in [-0.39, 0.29) is 24.5 Å². The van der Waals surface area contributed by atoms with Gasteiger partial charge in [0.15, 0.2) is 11.6 Å². The van der Waals surface area contributed by atoms with Crippen molar-refractivity contribution < 1.29 is 19.1 Å². The third kappa shape index (κ3) is 3.85. The van der Waals surface area contributed by atoms with Gasteiger partial charge in [-0.1, -0.05) is 23.7 Å². The maximum absolute atomic E-state index is 12.3. The lowest BCUT2D eigenvalue weighted by atomic mass is 9.94. The van der Waals surface area contributed by atoms with Gasteiger partial charge in [0.1, 0.15) is 11.6 Å². The molecule has 1 unspecified atom stereocenters. The average molecular weight is 324 g/mol. The minimum absolute atomic E-state index is 0.131. The molecule has 1 aliphatic heterocycles. The van der Waals surface area contributed by atoms with Crippen LogP contribution in [-0.4, -0.2) is 34.7 Å². The van der Waals surface area contributed by atoms with Gasteiger partial charge in [-0.05, 0) is 38.5 Å². The summed E-state index contributed by atoms with van der Waals surface area (Å²) >= 11 is 5.85. The summed E-state index contributed by atoms with van der Waals surface area (Å²) in [5, 5.41) is 0.534. The number of ketones is 2. The van der Waals surface area contributed by atoms with Crippen molar-refractivity contribution in [2.45, 2.75) is 38.8 Å². The molecule has 0 saturated carbocycles. The van der Waals surface area contributed by atoms with Crippen molar-refractivity contribution in [3.05, 3.63) is 34.9 Å². The summed E-state index contributed by atoms with van der Waals surface area (Å²) in [7, 11) is 0. The standard InChI is InChI=1S/C16H18ClNO4/c1-16(2,3)22-15(21)18-9-12(19)8-13(20)14(18)10-4-6-11(17)7-5-10/h4-7,14H,8-9H2,1-3H3. The van der Waals surface area contributed by atoms with Crippen LogP contribution in [0.4, 0.5) is 4.79 Å². The Morgan fingerprint density at radius 1 is 1.23 bits per heavy atom. The predicted molar refractivity (Wildman–Crippen MR) is 81.8 cm³/mol. The molecule has 22 heavy (non-hydrogen) atoms. The highest BCUT2D eigenvalue weighted by atomic mass is 35.5. The van der Waals surface area contributed by atoms with Crippen LogP contribution in [0.1, 0.15) is 38.8 Å². The molecule has 1 fully saturated rings. The Balaban J connectivity index is 2.33. The number of hydrogen-bond acceptors (Lipinski definition) is 4. The van der Waals surface area contributed by atoms with Crippen LogP contribution in [0.5, 0.6) is 0 Å². The number of benzene rings is 1. The van der Waals surface area contributed by atoms with E-state index in [1.165, 1.54) is 4.90 Å². The maximum atomic E-state index is 12.3. The molecule has 0 bridgehead atoms. The Bertz CT molecular complexity index is 604. The van der Waals surface area contributed by atoms with Crippen LogP contribution in [0.25, 0.3) is 0 Å². The van der Waals surface area contributed by atoms with Gasteiger partial charge < -0.3 is 4.74 Å². The number of carbonyl (C=O) groups excluding carboxylic acids is 3. The van der Waals surface area contributed by atoms with Crippen LogP contribution in [0, 0.1) is 0 Å². The van der Waals surface area contributed by atoms with Crippen molar-refractivity contribution in [1.29, 1.82) is 0 Å². The summed E-state index contributed by atoms with van der Waals surface area (Å²) in [5.41, 5.74) is -0.0849. The molecule has 0 N–H and O–H groups in total. The van der Waals surface area contributed by atoms with Crippen molar-refractivity contribution in [2.24, 2.45) is 0 Å². The molecule has 0 radical (unpaired) electrons. The lowest BCUT2D eigenvalue weighted by Gasteiger charge is -2.35. The van der Waals surface area contributed by atoms with Gasteiger partial charge in [-0.15, -0.1) is 0 Å². The molecule has 0 aliphatic carbocycles. The van der Waals surface area contributed by atoms with Crippen molar-refractivity contribution in [2.75, 3.05) is 6.54 Å². The first-order chi connectivity index (χ1) is 10.2. The number of rotatable bonds is 1. The van der Waals surface area contributed by atoms with Crippen LogP contribution in [0.2, 0.25) is 5.02 Å². The van der Waals surface area contributed by atoms with E-state index in [1.807, 2.05) is 0 Å². The molecule has 1 atom stereocenters. The van der Waals surface area contributed by atoms with Crippen LogP contribution < -0.4 is 0 Å². The molecule has 1 aromatic carbocycles. The SMILES string of the molecule is CC(C)(C)OC(=O)N1CC(=O)CC(=O)C1c1ccc(Cl)cc1. The normalized spacial score (nSPS) is 19.3. The van der Waals surface area contributed by atoms with Gasteiger partial charge in [-0.25, -0.2) is 4.79 Å². The Morgan fingerprint density at radius 3 is 2.36 bits per heavy atom. The number of amides is 1. The number of likely N-dealkylation sites (tertiary alicyclic amines) is 1. The second kappa shape index (κ2) is 6.08. The highest BCUT2D eigenvalue weighted by Gasteiger charge is 2.39. The highest BCUT2D eigenvalue weighted by molar-refractivity contribution is 6.30. The van der Waals surface area contributed by atoms with Crippen LogP contribution in [0.15, 0.2) is 24.3 Å². The monoisotopic (exact) mass is 323 g/mol. The summed E-state index contributed by atoms with van der Waals surface area (Å²) in [6.45, 7) is 5.06. The van der Waals surface area contributed by atoms with E-state index in [0.29, 0.717) is 10.6 Å². The highest BCUT2D eigenvalue weighted by Crippen LogP contribution is 2.29. The fourth-order valence-electron chi connectivity index (χ4n) is 2.30. The molecule has 1 aromatic rings. The van der Waals surface area contributed by atoms with Gasteiger partial charge in [0.25, 0.3) is 0 Å². The Morgan fingerprint density at radius 2 is 1.82 bits per heavy atom. The second-order valence-corrected chi connectivity index (χ2v) is 6.68. The minimum atomic E-state index is -0.815. The smallest absolute Gasteiger partial charge is 0.411 e. The Hall–Kier alpha value is -1.88. The molecule has 0 spiro atoms. The number of hydrogen-bond donors (Lipinski definition) is 0. The van der Waals surface area contributed by atoms with E-state index in [2.05, 4.69) is 0 Å². The first kappa shape index (κ1) is 16.5. The summed E-state index contributed by atoms with van der Waals surface area (Å²) in [6.07, 6.45) is -0.846. The van der Waals surface area contributed by atoms with Crippen LogP contribution in [-0.2, 0) is 14.3 Å². The van der Waals surface area contributed by atoms with Gasteiger partial charge in [0.05, 0.1) is 13.0 Å². The number of carbonyl (C=O) groups is 3. The fourth-order valence-corrected chi connectivity index (χ4v) is 2.43. The molecule has 6 heteroatoms. The molecule has 1 heterocycles. The lowest BCUT2D eigenvalue weighted by Crippen LogP contribution is -2.48. The van der Waals surface area contributed by atoms with E-state index in [9.17, 15) is 14.4 Å². The Labute approximate surface area is 134 Å². The van der Waals surface area contributed by atoms with Crippen LogP contribution >= 0.6 is 11.6 Å². The quantitative estimate of drug-likeness (QED) is 0.745. The van der Waals surface area contributed by atoms with E-state index < -0.39 is 17.7 Å². The summed E-state index contributed by atoms with van der Waals surface area (Å²) in [5.74, 6) is -0.606. The summed E-state index contributed by atoms with van der Waals surface area (Å²) in [4.78, 5) is 37.5. The molecule has 0 aromatic heterocycles. The van der Waals surface area contributed by atoms with Crippen LogP contribution in [0.3, 0.4) is 0 Å². The van der Waals surface area contributed by atoms with Gasteiger partial charge >= 0.3 is 6.09 Å². The second-order valence-electron chi connectivity index (χ2n) is 6.24. The maximum Gasteiger partial charge on any atom is 0.411 e. The van der Waals surface area contributed by atoms with Gasteiger partial charge in [0.2, 0.25) is 0 Å². The predicted octanol–water partition coefficient (Wildman–Crippen LogP) is 3.16. The summed E-state index contributed by atoms with van der Waals surface area (Å²) < 4.78 is 5.31. The summed E-state index contributed by atoms with van der Waals surface area (Å²) in [6, 6.07) is 5.84. The molecule has 1 aliphatic rings. The van der Waals surface area contributed by atoms with Gasteiger partial charge in [-0.3, -0.25) is 14.5 Å². The average Bonchev–Trinajstić information content (AvgIpc) is 2.37. The molecular formula is C16H18ClNO4. The molecular weight excluding hydrogens is 306 g/mol.